The van der Waals surface area contributed by atoms with Crippen LogP contribution in [0.15, 0.2) is 30.3 Å². The van der Waals surface area contributed by atoms with E-state index in [1.807, 2.05) is 44.2 Å². The SMILES string of the molecule is CCOc1ccccc1Nc1cc(NCCN2CCOCC2)nc(C)n1. The predicted octanol–water partition coefficient (Wildman–Crippen LogP) is 2.67. The number of morpholine rings is 1. The van der Waals surface area contributed by atoms with Gasteiger partial charge in [-0.25, -0.2) is 9.97 Å². The second-order valence-corrected chi connectivity index (χ2v) is 6.12. The van der Waals surface area contributed by atoms with Crippen molar-refractivity contribution in [3.63, 3.8) is 0 Å². The van der Waals surface area contributed by atoms with Gasteiger partial charge in [-0.2, -0.15) is 0 Å². The normalized spacial score (nSPS) is 14.8. The van der Waals surface area contributed by atoms with E-state index in [0.717, 1.165) is 68.3 Å². The van der Waals surface area contributed by atoms with Gasteiger partial charge in [0.2, 0.25) is 0 Å². The van der Waals surface area contributed by atoms with E-state index < -0.39 is 0 Å². The molecular formula is C19H27N5O2. The van der Waals surface area contributed by atoms with Crippen molar-refractivity contribution >= 4 is 17.3 Å². The molecule has 0 bridgehead atoms. The van der Waals surface area contributed by atoms with Gasteiger partial charge in [0, 0.05) is 32.2 Å². The summed E-state index contributed by atoms with van der Waals surface area (Å²) in [5.41, 5.74) is 0.895. The van der Waals surface area contributed by atoms with Crippen LogP contribution in [0.4, 0.5) is 17.3 Å². The number of hydrogen-bond donors (Lipinski definition) is 2. The summed E-state index contributed by atoms with van der Waals surface area (Å²) in [6.45, 7) is 9.93. The minimum Gasteiger partial charge on any atom is -0.492 e. The van der Waals surface area contributed by atoms with Gasteiger partial charge in [0.15, 0.2) is 0 Å². The molecule has 1 saturated heterocycles. The summed E-state index contributed by atoms with van der Waals surface area (Å²) in [6.07, 6.45) is 0. The molecule has 2 heterocycles. The van der Waals surface area contributed by atoms with Crippen LogP contribution in [0.2, 0.25) is 0 Å². The number of ether oxygens (including phenoxy) is 2. The van der Waals surface area contributed by atoms with Gasteiger partial charge in [0.25, 0.3) is 0 Å². The average molecular weight is 357 g/mol. The Morgan fingerprint density at radius 3 is 2.73 bits per heavy atom. The van der Waals surface area contributed by atoms with Gasteiger partial charge >= 0.3 is 0 Å². The number of para-hydroxylation sites is 2. The van der Waals surface area contributed by atoms with Gasteiger partial charge in [-0.1, -0.05) is 12.1 Å². The fourth-order valence-corrected chi connectivity index (χ4v) is 2.88. The van der Waals surface area contributed by atoms with Crippen molar-refractivity contribution in [1.29, 1.82) is 0 Å². The molecule has 7 heteroatoms. The molecular weight excluding hydrogens is 330 g/mol. The van der Waals surface area contributed by atoms with Crippen molar-refractivity contribution in [3.8, 4) is 5.75 Å². The van der Waals surface area contributed by atoms with Crippen LogP contribution < -0.4 is 15.4 Å². The first-order valence-corrected chi connectivity index (χ1v) is 9.13. The fourth-order valence-electron chi connectivity index (χ4n) is 2.88. The van der Waals surface area contributed by atoms with E-state index in [2.05, 4.69) is 25.5 Å². The highest BCUT2D eigenvalue weighted by Crippen LogP contribution is 2.27. The first-order valence-electron chi connectivity index (χ1n) is 9.13. The molecule has 1 aliphatic heterocycles. The van der Waals surface area contributed by atoms with E-state index in [-0.39, 0.29) is 0 Å². The molecule has 7 nitrogen and oxygen atoms in total. The number of nitrogens with zero attached hydrogens (tertiary/aromatic N) is 3. The topological polar surface area (TPSA) is 71.5 Å². The number of benzene rings is 1. The summed E-state index contributed by atoms with van der Waals surface area (Å²) in [5.74, 6) is 3.10. The zero-order valence-corrected chi connectivity index (χ0v) is 15.5. The van der Waals surface area contributed by atoms with E-state index in [4.69, 9.17) is 9.47 Å². The molecule has 0 radical (unpaired) electrons. The molecule has 3 rings (SSSR count). The average Bonchev–Trinajstić information content (AvgIpc) is 2.64. The van der Waals surface area contributed by atoms with E-state index >= 15 is 0 Å². The summed E-state index contributed by atoms with van der Waals surface area (Å²) in [4.78, 5) is 11.4. The minimum atomic E-state index is 0.621. The monoisotopic (exact) mass is 357 g/mol. The van der Waals surface area contributed by atoms with Gasteiger partial charge in [0.1, 0.15) is 23.2 Å². The molecule has 26 heavy (non-hydrogen) atoms. The molecule has 1 fully saturated rings. The van der Waals surface area contributed by atoms with Gasteiger partial charge in [-0.05, 0) is 26.0 Å². The second-order valence-electron chi connectivity index (χ2n) is 6.12. The maximum absolute atomic E-state index is 5.66. The van der Waals surface area contributed by atoms with Crippen LogP contribution in [0, 0.1) is 6.92 Å². The lowest BCUT2D eigenvalue weighted by molar-refractivity contribution is 0.0398. The molecule has 2 N–H and O–H groups in total. The maximum Gasteiger partial charge on any atom is 0.142 e. The number of aromatic nitrogens is 2. The third kappa shape index (κ3) is 5.31. The maximum atomic E-state index is 5.66. The van der Waals surface area contributed by atoms with E-state index in [9.17, 15) is 0 Å². The van der Waals surface area contributed by atoms with Gasteiger partial charge < -0.3 is 20.1 Å². The molecule has 0 aliphatic carbocycles. The van der Waals surface area contributed by atoms with Gasteiger partial charge in [-0.15, -0.1) is 0 Å². The van der Waals surface area contributed by atoms with Crippen molar-refractivity contribution in [2.45, 2.75) is 13.8 Å². The summed E-state index contributed by atoms with van der Waals surface area (Å²) >= 11 is 0. The highest BCUT2D eigenvalue weighted by Gasteiger charge is 2.10. The molecule has 0 amide bonds. The summed E-state index contributed by atoms with van der Waals surface area (Å²) < 4.78 is 11.0. The molecule has 0 unspecified atom stereocenters. The van der Waals surface area contributed by atoms with Crippen LogP contribution in [0.3, 0.4) is 0 Å². The van der Waals surface area contributed by atoms with Crippen LogP contribution >= 0.6 is 0 Å². The zero-order chi connectivity index (χ0) is 18.2. The van der Waals surface area contributed by atoms with Crippen molar-refractivity contribution in [2.75, 3.05) is 56.6 Å². The predicted molar refractivity (Wildman–Crippen MR) is 103 cm³/mol. The minimum absolute atomic E-state index is 0.621. The first kappa shape index (κ1) is 18.4. The van der Waals surface area contributed by atoms with Gasteiger partial charge in [-0.3, -0.25) is 4.90 Å². The van der Waals surface area contributed by atoms with E-state index in [1.165, 1.54) is 0 Å². The molecule has 1 aliphatic rings. The van der Waals surface area contributed by atoms with E-state index in [0.29, 0.717) is 6.61 Å². The Hall–Kier alpha value is -2.38. The summed E-state index contributed by atoms with van der Waals surface area (Å²) in [5, 5.41) is 6.73. The Bertz CT molecular complexity index is 704. The zero-order valence-electron chi connectivity index (χ0n) is 15.5. The van der Waals surface area contributed by atoms with Crippen LogP contribution in [0.5, 0.6) is 5.75 Å². The van der Waals surface area contributed by atoms with Crippen molar-refractivity contribution in [2.24, 2.45) is 0 Å². The largest absolute Gasteiger partial charge is 0.492 e. The highest BCUT2D eigenvalue weighted by molar-refractivity contribution is 5.65. The molecule has 140 valence electrons. The van der Waals surface area contributed by atoms with E-state index in [1.54, 1.807) is 0 Å². The number of anilines is 3. The molecule has 2 aromatic rings. The van der Waals surface area contributed by atoms with Crippen molar-refractivity contribution in [3.05, 3.63) is 36.2 Å². The standard InChI is InChI=1S/C19H27N5O2/c1-3-26-17-7-5-4-6-16(17)23-19-14-18(21-15(2)22-19)20-8-9-24-10-12-25-13-11-24/h4-7,14H,3,8-13H2,1-2H3,(H2,20,21,22,23). The summed E-state index contributed by atoms with van der Waals surface area (Å²) in [7, 11) is 0. The molecule has 1 aromatic carbocycles. The number of aryl methyl sites for hydroxylation is 1. The van der Waals surface area contributed by atoms with Gasteiger partial charge in [0.05, 0.1) is 25.5 Å². The van der Waals surface area contributed by atoms with Crippen LogP contribution in [0.25, 0.3) is 0 Å². The Kier molecular flexibility index (Phi) is 6.62. The third-order valence-corrected chi connectivity index (χ3v) is 4.13. The van der Waals surface area contributed by atoms with Crippen LogP contribution in [-0.4, -0.2) is 60.9 Å². The number of hydrogen-bond acceptors (Lipinski definition) is 7. The summed E-state index contributed by atoms with van der Waals surface area (Å²) in [6, 6.07) is 9.78. The Labute approximate surface area is 154 Å². The van der Waals surface area contributed by atoms with Crippen LogP contribution in [-0.2, 0) is 4.74 Å². The first-order chi connectivity index (χ1) is 12.7. The second kappa shape index (κ2) is 9.35. The number of rotatable bonds is 8. The smallest absolute Gasteiger partial charge is 0.142 e. The Morgan fingerprint density at radius 2 is 1.92 bits per heavy atom. The molecule has 0 saturated carbocycles. The fraction of sp³-hybridized carbons (Fsp3) is 0.474. The van der Waals surface area contributed by atoms with Crippen LogP contribution in [0.1, 0.15) is 12.7 Å². The lowest BCUT2D eigenvalue weighted by atomic mass is 10.3. The molecule has 0 atom stereocenters. The lowest BCUT2D eigenvalue weighted by Gasteiger charge is -2.26. The molecule has 0 spiro atoms. The number of nitrogens with one attached hydrogen (secondary N) is 2. The quantitative estimate of drug-likeness (QED) is 0.752. The lowest BCUT2D eigenvalue weighted by Crippen LogP contribution is -2.39. The Balaban J connectivity index is 1.62. The molecule has 1 aromatic heterocycles. The van der Waals surface area contributed by atoms with Crippen molar-refractivity contribution < 1.29 is 9.47 Å². The van der Waals surface area contributed by atoms with Crippen molar-refractivity contribution in [1.82, 2.24) is 14.9 Å². The third-order valence-electron chi connectivity index (χ3n) is 4.13. The highest BCUT2D eigenvalue weighted by atomic mass is 16.5. The Morgan fingerprint density at radius 1 is 1.15 bits per heavy atom.